The number of benzene rings is 1. The van der Waals surface area contributed by atoms with Crippen LogP contribution in [0.5, 0.6) is 0 Å². The molecule has 0 unspecified atom stereocenters. The van der Waals surface area contributed by atoms with E-state index in [1.807, 2.05) is 0 Å². The largest absolute Gasteiger partial charge is 0.286 e. The molecule has 2 aromatic heterocycles. The Balaban J connectivity index is 2.32. The van der Waals surface area contributed by atoms with E-state index in [-0.39, 0.29) is 0 Å². The number of hydrogen-bond donors (Lipinski definition) is 0. The average Bonchev–Trinajstić information content (AvgIpc) is 2.68. The number of hydrogen-bond acceptors (Lipinski definition) is 0. The lowest BCUT2D eigenvalue weighted by atomic mass is 10.1. The zero-order valence-corrected chi connectivity index (χ0v) is 10.1. The molecule has 0 aliphatic heterocycles. The van der Waals surface area contributed by atoms with E-state index in [1.54, 1.807) is 0 Å². The van der Waals surface area contributed by atoms with Crippen LogP contribution in [0, 0.1) is 6.92 Å². The maximum Gasteiger partial charge on any atom is 0.286 e. The Morgan fingerprint density at radius 1 is 1.00 bits per heavy atom. The van der Waals surface area contributed by atoms with Crippen LogP contribution in [0.15, 0.2) is 54.9 Å². The van der Waals surface area contributed by atoms with E-state index < -0.39 is 0 Å². The fraction of sp³-hybridized carbons (Fsp3) is 0.133. The van der Waals surface area contributed by atoms with Crippen molar-refractivity contribution in [3.63, 3.8) is 0 Å². The molecule has 0 radical (unpaired) electrons. The van der Waals surface area contributed by atoms with Gasteiger partial charge in [-0.05, 0) is 18.6 Å². The van der Waals surface area contributed by atoms with Gasteiger partial charge in [0, 0.05) is 11.6 Å². The second-order valence-corrected chi connectivity index (χ2v) is 4.35. The fourth-order valence-corrected chi connectivity index (χ4v) is 2.29. The maximum atomic E-state index is 2.22. The molecule has 2 nitrogen and oxygen atoms in total. The summed E-state index contributed by atoms with van der Waals surface area (Å²) in [4.78, 5) is 0. The number of imidazole rings is 1. The normalized spacial score (nSPS) is 10.9. The van der Waals surface area contributed by atoms with Gasteiger partial charge in [0.15, 0.2) is 5.69 Å². The molecule has 0 amide bonds. The molecule has 2 heteroatoms. The molecule has 2 heterocycles. The van der Waals surface area contributed by atoms with Gasteiger partial charge in [-0.3, -0.25) is 0 Å². The lowest BCUT2D eigenvalue weighted by Gasteiger charge is -2.01. The SMILES string of the molecule is Cc1ccccc1-c1c[n+]2ccccc2n1C. The fourth-order valence-electron chi connectivity index (χ4n) is 2.29. The third-order valence-electron chi connectivity index (χ3n) is 3.26. The van der Waals surface area contributed by atoms with Crippen molar-refractivity contribution >= 4 is 5.65 Å². The summed E-state index contributed by atoms with van der Waals surface area (Å²) in [7, 11) is 2.11. The molecule has 0 fully saturated rings. The molecule has 0 N–H and O–H groups in total. The smallest absolute Gasteiger partial charge is 0.226 e. The first-order valence-corrected chi connectivity index (χ1v) is 5.79. The van der Waals surface area contributed by atoms with Crippen molar-refractivity contribution in [3.8, 4) is 11.3 Å². The van der Waals surface area contributed by atoms with Gasteiger partial charge < -0.3 is 0 Å². The Bertz CT molecular complexity index is 680. The quantitative estimate of drug-likeness (QED) is 0.561. The van der Waals surface area contributed by atoms with Gasteiger partial charge in [-0.15, -0.1) is 0 Å². The van der Waals surface area contributed by atoms with Crippen molar-refractivity contribution in [1.29, 1.82) is 0 Å². The summed E-state index contributed by atoms with van der Waals surface area (Å²) in [6.45, 7) is 2.15. The Morgan fingerprint density at radius 2 is 1.76 bits per heavy atom. The lowest BCUT2D eigenvalue weighted by Crippen LogP contribution is -2.17. The van der Waals surface area contributed by atoms with Crippen LogP contribution < -0.4 is 4.40 Å². The molecular weight excluding hydrogens is 208 g/mol. The number of aryl methyl sites for hydroxylation is 2. The van der Waals surface area contributed by atoms with Crippen LogP contribution in [0.25, 0.3) is 16.9 Å². The first kappa shape index (κ1) is 10.1. The Kier molecular flexibility index (Phi) is 2.22. The van der Waals surface area contributed by atoms with Gasteiger partial charge in [0.1, 0.15) is 6.20 Å². The van der Waals surface area contributed by atoms with E-state index in [4.69, 9.17) is 0 Å². The van der Waals surface area contributed by atoms with E-state index in [0.717, 1.165) is 0 Å². The number of pyridine rings is 1. The predicted octanol–water partition coefficient (Wildman–Crippen LogP) is 2.74. The number of fused-ring (bicyclic) bond motifs is 1. The number of nitrogens with zero attached hydrogens (tertiary/aromatic N) is 2. The minimum Gasteiger partial charge on any atom is -0.226 e. The van der Waals surface area contributed by atoms with Crippen molar-refractivity contribution < 1.29 is 4.40 Å². The average molecular weight is 223 g/mol. The molecule has 0 saturated heterocycles. The lowest BCUT2D eigenvalue weighted by molar-refractivity contribution is -0.510. The molecule has 0 atom stereocenters. The van der Waals surface area contributed by atoms with E-state index in [9.17, 15) is 0 Å². The minimum absolute atomic E-state index is 1.20. The first-order chi connectivity index (χ1) is 8.27. The Labute approximate surface area is 101 Å². The highest BCUT2D eigenvalue weighted by Crippen LogP contribution is 2.22. The zero-order chi connectivity index (χ0) is 11.8. The van der Waals surface area contributed by atoms with Gasteiger partial charge in [-0.1, -0.05) is 30.3 Å². The number of aromatic nitrogens is 2. The topological polar surface area (TPSA) is 9.03 Å². The van der Waals surface area contributed by atoms with Crippen LogP contribution in [0.1, 0.15) is 5.56 Å². The second kappa shape index (κ2) is 3.74. The molecule has 0 saturated carbocycles. The summed E-state index contributed by atoms with van der Waals surface area (Å²) in [5.41, 5.74) is 5.04. The molecular formula is C15H15N2+. The van der Waals surface area contributed by atoms with Crippen LogP contribution in [0.3, 0.4) is 0 Å². The van der Waals surface area contributed by atoms with Gasteiger partial charge in [-0.2, -0.15) is 0 Å². The molecule has 0 bridgehead atoms. The van der Waals surface area contributed by atoms with Gasteiger partial charge in [0.2, 0.25) is 0 Å². The van der Waals surface area contributed by atoms with Gasteiger partial charge in [-0.25, -0.2) is 8.97 Å². The van der Waals surface area contributed by atoms with Gasteiger partial charge in [0.25, 0.3) is 5.65 Å². The molecule has 0 aliphatic rings. The van der Waals surface area contributed by atoms with Gasteiger partial charge >= 0.3 is 0 Å². The van der Waals surface area contributed by atoms with Crippen molar-refractivity contribution in [3.05, 3.63) is 60.4 Å². The summed E-state index contributed by atoms with van der Waals surface area (Å²) in [5, 5.41) is 0. The predicted molar refractivity (Wildman–Crippen MR) is 68.7 cm³/mol. The van der Waals surface area contributed by atoms with E-state index >= 15 is 0 Å². The van der Waals surface area contributed by atoms with Crippen LogP contribution >= 0.6 is 0 Å². The highest BCUT2D eigenvalue weighted by molar-refractivity contribution is 5.64. The summed E-state index contributed by atoms with van der Waals surface area (Å²) in [6, 6.07) is 14.7. The third kappa shape index (κ3) is 1.53. The Morgan fingerprint density at radius 3 is 2.53 bits per heavy atom. The molecule has 3 aromatic rings. The summed E-state index contributed by atoms with van der Waals surface area (Å²) in [6.07, 6.45) is 4.26. The van der Waals surface area contributed by atoms with E-state index in [2.05, 4.69) is 77.8 Å². The second-order valence-electron chi connectivity index (χ2n) is 4.35. The van der Waals surface area contributed by atoms with Crippen molar-refractivity contribution in [2.75, 3.05) is 0 Å². The molecule has 84 valence electrons. The van der Waals surface area contributed by atoms with E-state index in [1.165, 1.54) is 22.5 Å². The van der Waals surface area contributed by atoms with Gasteiger partial charge in [0.05, 0.1) is 13.2 Å². The van der Waals surface area contributed by atoms with Crippen LogP contribution in [-0.4, -0.2) is 4.57 Å². The number of rotatable bonds is 1. The first-order valence-electron chi connectivity index (χ1n) is 5.79. The highest BCUT2D eigenvalue weighted by atomic mass is 15.1. The highest BCUT2D eigenvalue weighted by Gasteiger charge is 2.16. The van der Waals surface area contributed by atoms with Crippen LogP contribution in [-0.2, 0) is 7.05 Å². The maximum absolute atomic E-state index is 2.22. The van der Waals surface area contributed by atoms with E-state index in [0.29, 0.717) is 0 Å². The Hall–Kier alpha value is -2.09. The molecule has 0 aliphatic carbocycles. The molecule has 3 rings (SSSR count). The third-order valence-corrected chi connectivity index (χ3v) is 3.26. The van der Waals surface area contributed by atoms with Crippen molar-refractivity contribution in [1.82, 2.24) is 4.57 Å². The van der Waals surface area contributed by atoms with Crippen LogP contribution in [0.4, 0.5) is 0 Å². The van der Waals surface area contributed by atoms with Crippen LogP contribution in [0.2, 0.25) is 0 Å². The zero-order valence-electron chi connectivity index (χ0n) is 10.1. The molecule has 0 spiro atoms. The monoisotopic (exact) mass is 223 g/mol. The summed E-state index contributed by atoms with van der Waals surface area (Å²) < 4.78 is 4.38. The summed E-state index contributed by atoms with van der Waals surface area (Å²) >= 11 is 0. The van der Waals surface area contributed by atoms with Crippen molar-refractivity contribution in [2.45, 2.75) is 6.92 Å². The molecule has 1 aromatic carbocycles. The standard InChI is InChI=1S/C15H15N2/c1-12-7-3-4-8-13(12)14-11-17-10-6-5-9-15(17)16(14)2/h3-11H,1-2H3/q+1. The van der Waals surface area contributed by atoms with Crippen molar-refractivity contribution in [2.24, 2.45) is 7.05 Å². The summed E-state index contributed by atoms with van der Waals surface area (Å²) in [5.74, 6) is 0. The minimum atomic E-state index is 1.20. The molecule has 17 heavy (non-hydrogen) atoms.